The first-order chi connectivity index (χ1) is 8.78. The zero-order valence-electron chi connectivity index (χ0n) is 11.0. The third kappa shape index (κ3) is 3.75. The maximum absolute atomic E-state index is 11.2. The Morgan fingerprint density at radius 2 is 2.22 bits per heavy atom. The molecule has 18 heavy (non-hydrogen) atoms. The molecule has 5 nitrogen and oxygen atoms in total. The van der Waals surface area contributed by atoms with Gasteiger partial charge < -0.3 is 10.6 Å². The molecule has 1 aliphatic rings. The summed E-state index contributed by atoms with van der Waals surface area (Å²) in [4.78, 5) is 11.2. The summed E-state index contributed by atoms with van der Waals surface area (Å²) in [5.74, 6) is 0.762. The number of hydrogen-bond donors (Lipinski definition) is 2. The average molecular weight is 250 g/mol. The number of anilines is 1. The van der Waals surface area contributed by atoms with Gasteiger partial charge in [-0.2, -0.15) is 5.10 Å². The Labute approximate surface area is 108 Å². The first kappa shape index (κ1) is 12.9. The van der Waals surface area contributed by atoms with E-state index in [1.165, 1.54) is 32.1 Å². The van der Waals surface area contributed by atoms with Crippen LogP contribution in [0.3, 0.4) is 0 Å². The van der Waals surface area contributed by atoms with E-state index < -0.39 is 0 Å². The summed E-state index contributed by atoms with van der Waals surface area (Å²) in [5.41, 5.74) is 1.00. The molecule has 1 aromatic heterocycles. The van der Waals surface area contributed by atoms with Gasteiger partial charge in [0, 0.05) is 19.8 Å². The molecule has 1 aromatic rings. The lowest BCUT2D eigenvalue weighted by Gasteiger charge is -2.21. The van der Waals surface area contributed by atoms with Crippen molar-refractivity contribution in [2.45, 2.75) is 38.6 Å². The van der Waals surface area contributed by atoms with Gasteiger partial charge >= 0.3 is 0 Å². The van der Waals surface area contributed by atoms with Crippen LogP contribution in [0.15, 0.2) is 12.4 Å². The van der Waals surface area contributed by atoms with Crippen LogP contribution in [0, 0.1) is 5.92 Å². The van der Waals surface area contributed by atoms with Crippen molar-refractivity contribution in [3.05, 3.63) is 12.4 Å². The maximum Gasteiger partial charge on any atom is 0.241 e. The molecule has 1 fully saturated rings. The molecule has 0 unspecified atom stereocenters. The van der Waals surface area contributed by atoms with E-state index >= 15 is 0 Å². The summed E-state index contributed by atoms with van der Waals surface area (Å²) in [5, 5.41) is 10.2. The molecule has 1 aliphatic carbocycles. The second kappa shape index (κ2) is 6.42. The molecule has 0 atom stereocenters. The van der Waals surface area contributed by atoms with Crippen molar-refractivity contribution in [1.82, 2.24) is 15.1 Å². The summed E-state index contributed by atoms with van der Waals surface area (Å²) < 4.78 is 1.65. The minimum Gasteiger partial charge on any atom is -0.382 e. The molecular formula is C13H22N4O. The van der Waals surface area contributed by atoms with Crippen LogP contribution < -0.4 is 10.6 Å². The Bertz CT molecular complexity index is 382. The van der Waals surface area contributed by atoms with E-state index in [1.54, 1.807) is 17.9 Å². The first-order valence-corrected chi connectivity index (χ1v) is 6.75. The molecule has 2 N–H and O–H groups in total. The molecule has 100 valence electrons. The van der Waals surface area contributed by atoms with Crippen molar-refractivity contribution in [3.8, 4) is 0 Å². The van der Waals surface area contributed by atoms with Gasteiger partial charge in [-0.05, 0) is 18.8 Å². The van der Waals surface area contributed by atoms with Gasteiger partial charge in [0.05, 0.1) is 11.9 Å². The summed E-state index contributed by atoms with van der Waals surface area (Å²) in [7, 11) is 1.63. The van der Waals surface area contributed by atoms with Crippen LogP contribution in [0.25, 0.3) is 0 Å². The van der Waals surface area contributed by atoms with Gasteiger partial charge in [-0.1, -0.05) is 19.3 Å². The molecule has 0 spiro atoms. The van der Waals surface area contributed by atoms with Crippen molar-refractivity contribution in [1.29, 1.82) is 0 Å². The van der Waals surface area contributed by atoms with Gasteiger partial charge in [-0.3, -0.25) is 9.48 Å². The van der Waals surface area contributed by atoms with Gasteiger partial charge in [0.15, 0.2) is 0 Å². The molecular weight excluding hydrogens is 228 g/mol. The number of amides is 1. The van der Waals surface area contributed by atoms with Crippen molar-refractivity contribution in [3.63, 3.8) is 0 Å². The van der Waals surface area contributed by atoms with Crippen LogP contribution in [0.1, 0.15) is 32.1 Å². The lowest BCUT2D eigenvalue weighted by atomic mass is 9.89. The van der Waals surface area contributed by atoms with Crippen LogP contribution in [-0.4, -0.2) is 29.3 Å². The molecule has 1 saturated carbocycles. The van der Waals surface area contributed by atoms with Crippen molar-refractivity contribution < 1.29 is 4.79 Å². The van der Waals surface area contributed by atoms with Crippen molar-refractivity contribution in [2.24, 2.45) is 5.92 Å². The number of hydrogen-bond acceptors (Lipinski definition) is 3. The van der Waals surface area contributed by atoms with Gasteiger partial charge in [-0.25, -0.2) is 0 Å². The smallest absolute Gasteiger partial charge is 0.241 e. The van der Waals surface area contributed by atoms with E-state index in [2.05, 4.69) is 15.7 Å². The van der Waals surface area contributed by atoms with E-state index in [0.717, 1.165) is 18.2 Å². The van der Waals surface area contributed by atoms with Crippen LogP contribution in [0.2, 0.25) is 0 Å². The zero-order valence-corrected chi connectivity index (χ0v) is 11.0. The summed E-state index contributed by atoms with van der Waals surface area (Å²) in [6.45, 7) is 1.30. The van der Waals surface area contributed by atoms with Gasteiger partial charge in [0.25, 0.3) is 0 Å². The standard InChI is InChI=1S/C13H22N4O/c1-14-13(18)10-17-9-12(8-16-17)15-7-11-5-3-2-4-6-11/h8-9,11,15H,2-7,10H2,1H3,(H,14,18). The Morgan fingerprint density at radius 1 is 1.44 bits per heavy atom. The highest BCUT2D eigenvalue weighted by Gasteiger charge is 2.13. The third-order valence-electron chi connectivity index (χ3n) is 3.54. The molecule has 0 bridgehead atoms. The predicted molar refractivity (Wildman–Crippen MR) is 71.4 cm³/mol. The number of aromatic nitrogens is 2. The normalized spacial score (nSPS) is 16.5. The lowest BCUT2D eigenvalue weighted by molar-refractivity contribution is -0.121. The highest BCUT2D eigenvalue weighted by Crippen LogP contribution is 2.23. The van der Waals surface area contributed by atoms with Gasteiger partial charge in [0.2, 0.25) is 5.91 Å². The maximum atomic E-state index is 11.2. The average Bonchev–Trinajstić information content (AvgIpc) is 2.85. The second-order valence-corrected chi connectivity index (χ2v) is 4.98. The quantitative estimate of drug-likeness (QED) is 0.835. The molecule has 2 rings (SSSR count). The molecule has 0 aromatic carbocycles. The highest BCUT2D eigenvalue weighted by molar-refractivity contribution is 5.75. The molecule has 1 amide bonds. The van der Waals surface area contributed by atoms with E-state index in [-0.39, 0.29) is 12.5 Å². The molecule has 1 heterocycles. The fourth-order valence-electron chi connectivity index (χ4n) is 2.42. The minimum absolute atomic E-state index is 0.0306. The number of rotatable bonds is 5. The second-order valence-electron chi connectivity index (χ2n) is 4.98. The van der Waals surface area contributed by atoms with Crippen LogP contribution in [0.4, 0.5) is 5.69 Å². The predicted octanol–water partition coefficient (Wildman–Crippen LogP) is 1.62. The zero-order chi connectivity index (χ0) is 12.8. The van der Waals surface area contributed by atoms with Crippen LogP contribution in [-0.2, 0) is 11.3 Å². The highest BCUT2D eigenvalue weighted by atomic mass is 16.1. The summed E-state index contributed by atoms with van der Waals surface area (Å²) >= 11 is 0. The van der Waals surface area contributed by atoms with Crippen molar-refractivity contribution in [2.75, 3.05) is 18.9 Å². The van der Waals surface area contributed by atoms with E-state index in [9.17, 15) is 4.79 Å². The lowest BCUT2D eigenvalue weighted by Crippen LogP contribution is -2.23. The Kier molecular flexibility index (Phi) is 4.61. The molecule has 0 saturated heterocycles. The third-order valence-corrected chi connectivity index (χ3v) is 3.54. The Morgan fingerprint density at radius 3 is 2.94 bits per heavy atom. The molecule has 0 radical (unpaired) electrons. The summed E-state index contributed by atoms with van der Waals surface area (Å²) in [6.07, 6.45) is 10.5. The monoisotopic (exact) mass is 250 g/mol. The minimum atomic E-state index is -0.0306. The number of carbonyl (C=O) groups excluding carboxylic acids is 1. The van der Waals surface area contributed by atoms with E-state index in [0.29, 0.717) is 0 Å². The molecule has 0 aliphatic heterocycles. The van der Waals surface area contributed by atoms with Crippen LogP contribution in [0.5, 0.6) is 0 Å². The first-order valence-electron chi connectivity index (χ1n) is 6.75. The van der Waals surface area contributed by atoms with E-state index in [4.69, 9.17) is 0 Å². The Hall–Kier alpha value is -1.52. The van der Waals surface area contributed by atoms with Crippen LogP contribution >= 0.6 is 0 Å². The fraction of sp³-hybridized carbons (Fsp3) is 0.692. The largest absolute Gasteiger partial charge is 0.382 e. The fourth-order valence-corrected chi connectivity index (χ4v) is 2.42. The van der Waals surface area contributed by atoms with Gasteiger partial charge in [0.1, 0.15) is 6.54 Å². The number of carbonyl (C=O) groups is 1. The molecule has 5 heteroatoms. The Balaban J connectivity index is 1.77. The van der Waals surface area contributed by atoms with Gasteiger partial charge in [-0.15, -0.1) is 0 Å². The topological polar surface area (TPSA) is 59.0 Å². The van der Waals surface area contributed by atoms with Crippen molar-refractivity contribution >= 4 is 11.6 Å². The number of nitrogens with one attached hydrogen (secondary N) is 2. The summed E-state index contributed by atoms with van der Waals surface area (Å²) in [6, 6.07) is 0. The number of nitrogens with zero attached hydrogens (tertiary/aromatic N) is 2. The van der Waals surface area contributed by atoms with E-state index in [1.807, 2.05) is 6.20 Å². The SMILES string of the molecule is CNC(=O)Cn1cc(NCC2CCCCC2)cn1. The number of likely N-dealkylation sites (N-methyl/N-ethyl adjacent to an activating group) is 1.